The van der Waals surface area contributed by atoms with E-state index in [0.29, 0.717) is 23.1 Å². The summed E-state index contributed by atoms with van der Waals surface area (Å²) in [4.78, 5) is 25.4. The van der Waals surface area contributed by atoms with E-state index < -0.39 is 17.6 Å². The van der Waals surface area contributed by atoms with Gasteiger partial charge in [-0.3, -0.25) is 14.2 Å². The van der Waals surface area contributed by atoms with Gasteiger partial charge in [0.2, 0.25) is 5.91 Å². The van der Waals surface area contributed by atoms with Gasteiger partial charge in [0, 0.05) is 10.7 Å². The zero-order valence-electron chi connectivity index (χ0n) is 21.3. The fourth-order valence-corrected chi connectivity index (χ4v) is 4.79. The number of hydrogen-bond acceptors (Lipinski definition) is 6. The third-order valence-electron chi connectivity index (χ3n) is 5.49. The minimum atomic E-state index is -4.59. The molecule has 0 bridgehead atoms. The van der Waals surface area contributed by atoms with Gasteiger partial charge in [0.05, 0.1) is 40.7 Å². The molecule has 214 valence electrons. The number of benzene rings is 3. The lowest BCUT2D eigenvalue weighted by Crippen LogP contribution is -2.25. The van der Waals surface area contributed by atoms with Gasteiger partial charge in [-0.05, 0) is 67.6 Å². The van der Waals surface area contributed by atoms with Crippen LogP contribution in [0.1, 0.15) is 28.7 Å². The smallest absolute Gasteiger partial charge is 0.416 e. The summed E-state index contributed by atoms with van der Waals surface area (Å²) in [5.74, 6) is -0.269. The highest BCUT2D eigenvalue weighted by atomic mass is 35.5. The minimum absolute atomic E-state index is 0.101. The molecule has 2 N–H and O–H groups in total. The van der Waals surface area contributed by atoms with E-state index in [4.69, 9.17) is 27.9 Å². The van der Waals surface area contributed by atoms with Gasteiger partial charge in [-0.25, -0.2) is 0 Å². The number of alkyl halides is 3. The fraction of sp³-hybridized carbons (Fsp3) is 0.185. The summed E-state index contributed by atoms with van der Waals surface area (Å²) in [6, 6.07) is 15.8. The van der Waals surface area contributed by atoms with Crippen LogP contribution in [0.25, 0.3) is 5.69 Å². The van der Waals surface area contributed by atoms with Crippen molar-refractivity contribution in [3.05, 3.63) is 93.7 Å². The highest BCUT2D eigenvalue weighted by Crippen LogP contribution is 2.32. The largest absolute Gasteiger partial charge is 0.494 e. The molecule has 2 amide bonds. The Morgan fingerprint density at radius 1 is 1.02 bits per heavy atom. The fourth-order valence-electron chi connectivity index (χ4n) is 3.64. The Morgan fingerprint density at radius 2 is 1.78 bits per heavy atom. The highest BCUT2D eigenvalue weighted by molar-refractivity contribution is 7.99. The third kappa shape index (κ3) is 7.93. The molecule has 0 saturated carbocycles. The quantitative estimate of drug-likeness (QED) is 0.192. The topological polar surface area (TPSA) is 98.1 Å². The van der Waals surface area contributed by atoms with Crippen LogP contribution in [0.4, 0.5) is 18.9 Å². The van der Waals surface area contributed by atoms with E-state index in [2.05, 4.69) is 20.8 Å². The summed E-state index contributed by atoms with van der Waals surface area (Å²) in [6.45, 7) is 2.16. The van der Waals surface area contributed by atoms with E-state index in [1.807, 2.05) is 6.92 Å². The molecule has 0 atom stereocenters. The van der Waals surface area contributed by atoms with E-state index in [1.54, 1.807) is 24.3 Å². The summed E-state index contributed by atoms with van der Waals surface area (Å²) in [7, 11) is 0. The van der Waals surface area contributed by atoms with E-state index in [-0.39, 0.29) is 45.5 Å². The second-order valence-corrected chi connectivity index (χ2v) is 10.2. The van der Waals surface area contributed by atoms with Crippen LogP contribution < -0.4 is 15.4 Å². The van der Waals surface area contributed by atoms with E-state index in [1.165, 1.54) is 34.9 Å². The van der Waals surface area contributed by atoms with Gasteiger partial charge in [-0.2, -0.15) is 13.2 Å². The Kier molecular flexibility index (Phi) is 9.79. The lowest BCUT2D eigenvalue weighted by atomic mass is 10.2. The maximum atomic E-state index is 13.5. The zero-order chi connectivity index (χ0) is 29.6. The van der Waals surface area contributed by atoms with Crippen LogP contribution >= 0.6 is 35.0 Å². The van der Waals surface area contributed by atoms with Crippen LogP contribution in [0.5, 0.6) is 5.75 Å². The van der Waals surface area contributed by atoms with Crippen molar-refractivity contribution in [3.63, 3.8) is 0 Å². The number of rotatable bonds is 10. The first-order valence-electron chi connectivity index (χ1n) is 12.1. The standard InChI is InChI=1S/C27H22Cl2F3N5O3S/c1-2-40-20-9-7-18(8-10-20)34-24(38)15-41-26-36-35-23(14-33-25(39)21-13-17(28)6-11-22(21)29)37(26)19-5-3-4-16(12-19)27(30,31)32/h3-13H,2,14-15H2,1H3,(H,33,39)(H,34,38). The molecule has 0 aliphatic carbocycles. The summed E-state index contributed by atoms with van der Waals surface area (Å²) >= 11 is 13.0. The molecule has 4 rings (SSSR count). The molecule has 41 heavy (non-hydrogen) atoms. The monoisotopic (exact) mass is 623 g/mol. The number of hydrogen-bond donors (Lipinski definition) is 2. The molecule has 14 heteroatoms. The Labute approximate surface area is 247 Å². The van der Waals surface area contributed by atoms with Gasteiger partial charge in [0.1, 0.15) is 5.75 Å². The molecule has 0 aliphatic heterocycles. The van der Waals surface area contributed by atoms with Gasteiger partial charge in [-0.15, -0.1) is 10.2 Å². The van der Waals surface area contributed by atoms with Crippen LogP contribution in [-0.4, -0.2) is 38.9 Å². The first kappa shape index (κ1) is 30.2. The minimum Gasteiger partial charge on any atom is -0.494 e. The lowest BCUT2D eigenvalue weighted by Gasteiger charge is -2.14. The van der Waals surface area contributed by atoms with Crippen LogP contribution in [0.3, 0.4) is 0 Å². The van der Waals surface area contributed by atoms with Crippen molar-refractivity contribution in [1.29, 1.82) is 0 Å². The number of aromatic nitrogens is 3. The van der Waals surface area contributed by atoms with Gasteiger partial charge >= 0.3 is 6.18 Å². The van der Waals surface area contributed by atoms with Crippen molar-refractivity contribution >= 4 is 52.5 Å². The van der Waals surface area contributed by atoms with Gasteiger partial charge in [0.25, 0.3) is 5.91 Å². The van der Waals surface area contributed by atoms with Crippen molar-refractivity contribution in [1.82, 2.24) is 20.1 Å². The SMILES string of the molecule is CCOc1ccc(NC(=O)CSc2nnc(CNC(=O)c3cc(Cl)ccc3Cl)n2-c2cccc(C(F)(F)F)c2)cc1. The predicted molar refractivity (Wildman–Crippen MR) is 151 cm³/mol. The maximum absolute atomic E-state index is 13.5. The summed E-state index contributed by atoms with van der Waals surface area (Å²) in [5, 5.41) is 14.1. The number of nitrogens with one attached hydrogen (secondary N) is 2. The molecule has 3 aromatic carbocycles. The van der Waals surface area contributed by atoms with Gasteiger partial charge < -0.3 is 15.4 Å². The molecular weight excluding hydrogens is 602 g/mol. The lowest BCUT2D eigenvalue weighted by molar-refractivity contribution is -0.137. The van der Waals surface area contributed by atoms with Gasteiger partial charge in [0.15, 0.2) is 11.0 Å². The number of ether oxygens (including phenoxy) is 1. The van der Waals surface area contributed by atoms with E-state index in [0.717, 1.165) is 23.9 Å². The summed E-state index contributed by atoms with van der Waals surface area (Å²) < 4.78 is 47.1. The number of carbonyl (C=O) groups excluding carboxylic acids is 2. The van der Waals surface area contributed by atoms with Crippen molar-refractivity contribution in [2.24, 2.45) is 0 Å². The Morgan fingerprint density at radius 3 is 2.49 bits per heavy atom. The van der Waals surface area contributed by atoms with Crippen LogP contribution in [-0.2, 0) is 17.5 Å². The number of amides is 2. The Balaban J connectivity index is 1.55. The molecule has 8 nitrogen and oxygen atoms in total. The highest BCUT2D eigenvalue weighted by Gasteiger charge is 2.31. The molecule has 0 saturated heterocycles. The number of carbonyl (C=O) groups is 2. The van der Waals surface area contributed by atoms with E-state index in [9.17, 15) is 22.8 Å². The van der Waals surface area contributed by atoms with Crippen molar-refractivity contribution in [3.8, 4) is 11.4 Å². The average Bonchev–Trinajstić information content (AvgIpc) is 3.35. The zero-order valence-corrected chi connectivity index (χ0v) is 23.7. The second-order valence-electron chi connectivity index (χ2n) is 8.38. The molecule has 0 unspecified atom stereocenters. The maximum Gasteiger partial charge on any atom is 0.416 e. The molecule has 0 aliphatic rings. The van der Waals surface area contributed by atoms with Crippen molar-refractivity contribution in [2.75, 3.05) is 17.7 Å². The van der Waals surface area contributed by atoms with Crippen molar-refractivity contribution in [2.45, 2.75) is 24.8 Å². The summed E-state index contributed by atoms with van der Waals surface area (Å²) in [5.41, 5.74) is -0.121. The van der Waals surface area contributed by atoms with Crippen molar-refractivity contribution < 1.29 is 27.5 Å². The molecule has 0 radical (unpaired) electrons. The number of thioether (sulfide) groups is 1. The third-order valence-corrected chi connectivity index (χ3v) is 6.99. The Bertz CT molecular complexity index is 1550. The van der Waals surface area contributed by atoms with Crippen LogP contribution in [0, 0.1) is 0 Å². The molecule has 1 heterocycles. The first-order valence-corrected chi connectivity index (χ1v) is 13.8. The second kappa shape index (κ2) is 13.3. The molecule has 4 aromatic rings. The van der Waals surface area contributed by atoms with Crippen LogP contribution in [0.15, 0.2) is 71.9 Å². The Hall–Kier alpha value is -3.74. The number of halogens is 5. The van der Waals surface area contributed by atoms with Gasteiger partial charge in [-0.1, -0.05) is 41.0 Å². The normalized spacial score (nSPS) is 11.3. The first-order chi connectivity index (χ1) is 19.5. The summed E-state index contributed by atoms with van der Waals surface area (Å²) in [6.07, 6.45) is -4.59. The molecular formula is C27H22Cl2F3N5O3S. The number of nitrogens with zero attached hydrogens (tertiary/aromatic N) is 3. The number of anilines is 1. The van der Waals surface area contributed by atoms with E-state index >= 15 is 0 Å². The molecule has 0 fully saturated rings. The molecule has 1 aromatic heterocycles. The van der Waals surface area contributed by atoms with Crippen LogP contribution in [0.2, 0.25) is 10.0 Å². The average molecular weight is 624 g/mol. The molecule has 0 spiro atoms. The predicted octanol–water partition coefficient (Wildman–Crippen LogP) is 6.65.